The number of nitro groups is 1. The third-order valence-electron chi connectivity index (χ3n) is 5.83. The fourth-order valence-electron chi connectivity index (χ4n) is 4.40. The number of nitro benzene ring substituents is 1. The lowest BCUT2D eigenvalue weighted by molar-refractivity contribution is -0.384. The Hall–Kier alpha value is -3.09. The van der Waals surface area contributed by atoms with Gasteiger partial charge in [-0.2, -0.15) is 0 Å². The molecule has 1 aliphatic heterocycles. The summed E-state index contributed by atoms with van der Waals surface area (Å²) in [4.78, 5) is 15.0. The van der Waals surface area contributed by atoms with E-state index in [1.165, 1.54) is 18.9 Å². The number of para-hydroxylation sites is 1. The lowest BCUT2D eigenvalue weighted by Crippen LogP contribution is -2.46. The average Bonchev–Trinajstić information content (AvgIpc) is 3.18. The van der Waals surface area contributed by atoms with Gasteiger partial charge < -0.3 is 15.4 Å². The molecular weight excluding hydrogens is 368 g/mol. The Bertz CT molecular complexity index is 922. The fraction of sp³-hybridized carbons (Fsp3) is 0.409. The molecule has 1 heterocycles. The van der Waals surface area contributed by atoms with E-state index in [9.17, 15) is 10.1 Å². The number of rotatable bonds is 4. The number of non-ortho nitro benzene ring substituents is 1. The van der Waals surface area contributed by atoms with E-state index in [1.807, 2.05) is 24.3 Å². The monoisotopic (exact) mass is 394 g/mol. The Balaban J connectivity index is 1.48. The van der Waals surface area contributed by atoms with Crippen LogP contribution in [0.2, 0.25) is 0 Å². The highest BCUT2D eigenvalue weighted by molar-refractivity contribution is 5.80. The van der Waals surface area contributed by atoms with Crippen molar-refractivity contribution < 1.29 is 9.66 Å². The van der Waals surface area contributed by atoms with E-state index in [4.69, 9.17) is 4.74 Å². The van der Waals surface area contributed by atoms with Gasteiger partial charge in [0.1, 0.15) is 11.4 Å². The quantitative estimate of drug-likeness (QED) is 0.353. The second-order valence-corrected chi connectivity index (χ2v) is 7.78. The van der Waals surface area contributed by atoms with E-state index in [0.717, 1.165) is 36.1 Å². The van der Waals surface area contributed by atoms with E-state index in [0.29, 0.717) is 12.5 Å². The molecule has 29 heavy (non-hydrogen) atoms. The Morgan fingerprint density at radius 3 is 2.79 bits per heavy atom. The van der Waals surface area contributed by atoms with Crippen molar-refractivity contribution in [1.29, 1.82) is 0 Å². The van der Waals surface area contributed by atoms with Gasteiger partial charge in [0.25, 0.3) is 5.69 Å². The Morgan fingerprint density at radius 2 is 2.03 bits per heavy atom. The van der Waals surface area contributed by atoms with E-state index in [1.54, 1.807) is 19.2 Å². The summed E-state index contributed by atoms with van der Waals surface area (Å²) in [7, 11) is 1.74. The highest BCUT2D eigenvalue weighted by atomic mass is 16.6. The van der Waals surface area contributed by atoms with Crippen LogP contribution in [-0.4, -0.2) is 23.5 Å². The third-order valence-corrected chi connectivity index (χ3v) is 5.83. The number of guanidine groups is 1. The van der Waals surface area contributed by atoms with Gasteiger partial charge >= 0.3 is 0 Å². The molecule has 1 saturated carbocycles. The summed E-state index contributed by atoms with van der Waals surface area (Å²) in [5, 5.41) is 17.8. The summed E-state index contributed by atoms with van der Waals surface area (Å²) < 4.78 is 6.43. The van der Waals surface area contributed by atoms with Crippen LogP contribution in [0, 0.1) is 10.1 Å². The molecule has 2 aromatic carbocycles. The Kier molecular flexibility index (Phi) is 5.38. The second-order valence-electron chi connectivity index (χ2n) is 7.78. The molecule has 0 saturated heterocycles. The van der Waals surface area contributed by atoms with Crippen LogP contribution in [0.4, 0.5) is 5.69 Å². The third kappa shape index (κ3) is 4.18. The fourth-order valence-corrected chi connectivity index (χ4v) is 4.40. The molecule has 1 unspecified atom stereocenters. The number of aliphatic imine (C=N–C) groups is 1. The van der Waals surface area contributed by atoms with Gasteiger partial charge in [-0.25, -0.2) is 0 Å². The van der Waals surface area contributed by atoms with Crippen molar-refractivity contribution in [3.8, 4) is 5.75 Å². The predicted molar refractivity (Wildman–Crippen MR) is 112 cm³/mol. The van der Waals surface area contributed by atoms with Crippen molar-refractivity contribution in [3.63, 3.8) is 0 Å². The van der Waals surface area contributed by atoms with Crippen molar-refractivity contribution >= 4 is 11.6 Å². The number of hydrogen-bond acceptors (Lipinski definition) is 4. The molecule has 0 aromatic heterocycles. The first-order valence-corrected chi connectivity index (χ1v) is 10.1. The molecular formula is C22H26N4O3. The molecule has 7 heteroatoms. The lowest BCUT2D eigenvalue weighted by atomic mass is 9.86. The van der Waals surface area contributed by atoms with Crippen LogP contribution in [0.15, 0.2) is 53.5 Å². The molecule has 4 rings (SSSR count). The van der Waals surface area contributed by atoms with Crippen LogP contribution in [0.1, 0.15) is 49.3 Å². The molecule has 2 aromatic rings. The van der Waals surface area contributed by atoms with Crippen LogP contribution in [0.3, 0.4) is 0 Å². The van der Waals surface area contributed by atoms with Crippen molar-refractivity contribution in [2.75, 3.05) is 7.05 Å². The zero-order chi connectivity index (χ0) is 20.3. The summed E-state index contributed by atoms with van der Waals surface area (Å²) in [6.07, 6.45) is 5.48. The SMILES string of the molecule is CN=C(NCc1cccc([N+](=O)[O-])c1)NC1CC2(CCCC2)Oc2ccccc21. The van der Waals surface area contributed by atoms with Gasteiger partial charge in [-0.05, 0) is 37.3 Å². The molecule has 7 nitrogen and oxygen atoms in total. The lowest BCUT2D eigenvalue weighted by Gasteiger charge is -2.40. The van der Waals surface area contributed by atoms with Crippen molar-refractivity contribution in [3.05, 3.63) is 69.8 Å². The van der Waals surface area contributed by atoms with E-state index < -0.39 is 0 Å². The second kappa shape index (κ2) is 8.11. The topological polar surface area (TPSA) is 88.8 Å². The van der Waals surface area contributed by atoms with E-state index >= 15 is 0 Å². The van der Waals surface area contributed by atoms with Crippen molar-refractivity contribution in [2.45, 2.75) is 50.3 Å². The van der Waals surface area contributed by atoms with E-state index in [-0.39, 0.29) is 22.3 Å². The van der Waals surface area contributed by atoms with Gasteiger partial charge in [0.05, 0.1) is 11.0 Å². The average molecular weight is 394 g/mol. The van der Waals surface area contributed by atoms with Gasteiger partial charge in [0.2, 0.25) is 0 Å². The van der Waals surface area contributed by atoms with Crippen LogP contribution < -0.4 is 15.4 Å². The first-order chi connectivity index (χ1) is 14.1. The largest absolute Gasteiger partial charge is 0.487 e. The van der Waals surface area contributed by atoms with Gasteiger partial charge in [0, 0.05) is 37.7 Å². The minimum absolute atomic E-state index is 0.0915. The zero-order valence-electron chi connectivity index (χ0n) is 16.6. The molecule has 1 aliphatic carbocycles. The van der Waals surface area contributed by atoms with Gasteiger partial charge in [0.15, 0.2) is 5.96 Å². The van der Waals surface area contributed by atoms with Gasteiger partial charge in [-0.1, -0.05) is 30.3 Å². The van der Waals surface area contributed by atoms with Gasteiger partial charge in [-0.3, -0.25) is 15.1 Å². The van der Waals surface area contributed by atoms with Crippen LogP contribution in [-0.2, 0) is 6.54 Å². The van der Waals surface area contributed by atoms with Gasteiger partial charge in [-0.15, -0.1) is 0 Å². The highest BCUT2D eigenvalue weighted by Gasteiger charge is 2.43. The smallest absolute Gasteiger partial charge is 0.269 e. The van der Waals surface area contributed by atoms with Crippen LogP contribution in [0.25, 0.3) is 0 Å². The highest BCUT2D eigenvalue weighted by Crippen LogP contribution is 2.46. The summed E-state index contributed by atoms with van der Waals surface area (Å²) in [5.74, 6) is 1.62. The number of nitrogens with one attached hydrogen (secondary N) is 2. The summed E-state index contributed by atoms with van der Waals surface area (Å²) in [6.45, 7) is 0.456. The summed E-state index contributed by atoms with van der Waals surface area (Å²) in [5.41, 5.74) is 1.98. The molecule has 1 atom stereocenters. The number of benzene rings is 2. The number of hydrogen-bond donors (Lipinski definition) is 2. The zero-order valence-corrected chi connectivity index (χ0v) is 16.6. The van der Waals surface area contributed by atoms with Crippen LogP contribution >= 0.6 is 0 Å². The standard InChI is InChI=1S/C22H26N4O3/c1-23-21(24-15-16-7-6-8-17(13-16)26(27)28)25-19-14-22(11-4-5-12-22)29-20-10-3-2-9-18(19)20/h2-3,6-10,13,19H,4-5,11-12,14-15H2,1H3,(H2,23,24,25). The first-order valence-electron chi connectivity index (χ1n) is 10.1. The summed E-state index contributed by atoms with van der Waals surface area (Å²) >= 11 is 0. The summed E-state index contributed by atoms with van der Waals surface area (Å²) in [6, 6.07) is 14.9. The normalized spacial score (nSPS) is 20.0. The molecule has 1 fully saturated rings. The maximum absolute atomic E-state index is 11.0. The first kappa shape index (κ1) is 19.2. The minimum Gasteiger partial charge on any atom is -0.487 e. The minimum atomic E-state index is -0.378. The predicted octanol–water partition coefficient (Wildman–Crippen LogP) is 4.10. The van der Waals surface area contributed by atoms with Crippen molar-refractivity contribution in [2.24, 2.45) is 4.99 Å². The van der Waals surface area contributed by atoms with Crippen molar-refractivity contribution in [1.82, 2.24) is 10.6 Å². The Labute approximate surface area is 170 Å². The molecule has 2 N–H and O–H groups in total. The molecule has 0 amide bonds. The number of fused-ring (bicyclic) bond motifs is 1. The molecule has 0 radical (unpaired) electrons. The van der Waals surface area contributed by atoms with E-state index in [2.05, 4.69) is 21.7 Å². The maximum Gasteiger partial charge on any atom is 0.269 e. The molecule has 152 valence electrons. The maximum atomic E-state index is 11.0. The molecule has 2 aliphatic rings. The number of ether oxygens (including phenoxy) is 1. The number of nitrogens with zero attached hydrogens (tertiary/aromatic N) is 2. The van der Waals surface area contributed by atoms with Crippen LogP contribution in [0.5, 0.6) is 5.75 Å². The molecule has 1 spiro atoms. The molecule has 0 bridgehead atoms. The Morgan fingerprint density at radius 1 is 1.24 bits per heavy atom.